The summed E-state index contributed by atoms with van der Waals surface area (Å²) < 4.78 is 10.6. The third kappa shape index (κ3) is 4.91. The molecule has 0 spiro atoms. The number of hydrogen-bond donors (Lipinski definition) is 1. The van der Waals surface area contributed by atoms with Crippen LogP contribution in [0.3, 0.4) is 0 Å². The van der Waals surface area contributed by atoms with Crippen LogP contribution in [0.5, 0.6) is 0 Å². The normalized spacial score (nSPS) is 20.3. The van der Waals surface area contributed by atoms with Crippen LogP contribution in [0.1, 0.15) is 40.0 Å². The number of ether oxygens (including phenoxy) is 2. The molecule has 0 aliphatic carbocycles. The molecule has 0 unspecified atom stereocenters. The van der Waals surface area contributed by atoms with Crippen LogP contribution in [0.2, 0.25) is 0 Å². The Balaban J connectivity index is 2.70. The second kappa shape index (κ2) is 6.04. The Bertz CT molecular complexity index is 304. The maximum absolute atomic E-state index is 12.0. The molecule has 104 valence electrons. The predicted molar refractivity (Wildman–Crippen MR) is 64.2 cm³/mol. The van der Waals surface area contributed by atoms with E-state index in [1.54, 1.807) is 20.8 Å². The topological polar surface area (TPSA) is 76.1 Å². The van der Waals surface area contributed by atoms with Gasteiger partial charge in [0.1, 0.15) is 18.4 Å². The number of carboxylic acid groups (broad SMARTS) is 1. The molecule has 1 saturated heterocycles. The van der Waals surface area contributed by atoms with Gasteiger partial charge in [-0.05, 0) is 40.0 Å². The van der Waals surface area contributed by atoms with E-state index >= 15 is 0 Å². The van der Waals surface area contributed by atoms with Crippen LogP contribution in [-0.2, 0) is 14.3 Å². The SMILES string of the molecule is CC(C)(C)OC(=O)N(CC(=O)O)[C@@H]1CCCCO1. The molecule has 0 aromatic carbocycles. The van der Waals surface area contributed by atoms with Crippen molar-refractivity contribution in [1.29, 1.82) is 0 Å². The van der Waals surface area contributed by atoms with Crippen molar-refractivity contribution in [2.45, 2.75) is 51.9 Å². The van der Waals surface area contributed by atoms with Gasteiger partial charge >= 0.3 is 12.1 Å². The van der Waals surface area contributed by atoms with E-state index < -0.39 is 30.4 Å². The average Bonchev–Trinajstić information content (AvgIpc) is 2.24. The van der Waals surface area contributed by atoms with Crippen molar-refractivity contribution < 1.29 is 24.2 Å². The van der Waals surface area contributed by atoms with Crippen LogP contribution in [-0.4, -0.2) is 47.0 Å². The smallest absolute Gasteiger partial charge is 0.412 e. The minimum Gasteiger partial charge on any atom is -0.480 e. The zero-order valence-corrected chi connectivity index (χ0v) is 11.1. The van der Waals surface area contributed by atoms with Gasteiger partial charge in [0.05, 0.1) is 0 Å². The van der Waals surface area contributed by atoms with E-state index in [9.17, 15) is 9.59 Å². The van der Waals surface area contributed by atoms with Crippen molar-refractivity contribution in [1.82, 2.24) is 4.90 Å². The van der Waals surface area contributed by atoms with E-state index in [0.29, 0.717) is 13.0 Å². The summed E-state index contributed by atoms with van der Waals surface area (Å²) in [6.07, 6.45) is 1.36. The molecule has 0 aromatic rings. The first-order chi connectivity index (χ1) is 8.29. The first-order valence-corrected chi connectivity index (χ1v) is 6.12. The lowest BCUT2D eigenvalue weighted by atomic mass is 10.1. The summed E-state index contributed by atoms with van der Waals surface area (Å²) in [5.74, 6) is -1.07. The summed E-state index contributed by atoms with van der Waals surface area (Å²) in [7, 11) is 0. The molecule has 0 bridgehead atoms. The quantitative estimate of drug-likeness (QED) is 0.836. The van der Waals surface area contributed by atoms with Crippen LogP contribution in [0.15, 0.2) is 0 Å². The predicted octanol–water partition coefficient (Wildman–Crippen LogP) is 1.83. The lowest BCUT2D eigenvalue weighted by molar-refractivity contribution is -0.144. The van der Waals surface area contributed by atoms with Crippen LogP contribution in [0.4, 0.5) is 4.79 Å². The molecule has 1 atom stereocenters. The van der Waals surface area contributed by atoms with Gasteiger partial charge < -0.3 is 14.6 Å². The molecule has 1 amide bonds. The zero-order chi connectivity index (χ0) is 13.8. The summed E-state index contributed by atoms with van der Waals surface area (Å²) in [5, 5.41) is 8.86. The van der Waals surface area contributed by atoms with Crippen LogP contribution in [0, 0.1) is 0 Å². The molecule has 0 aromatic heterocycles. The molecule has 6 heteroatoms. The highest BCUT2D eigenvalue weighted by Gasteiger charge is 2.31. The van der Waals surface area contributed by atoms with Crippen molar-refractivity contribution in [2.24, 2.45) is 0 Å². The molecule has 0 radical (unpaired) electrons. The summed E-state index contributed by atoms with van der Waals surface area (Å²) >= 11 is 0. The van der Waals surface area contributed by atoms with Crippen molar-refractivity contribution in [2.75, 3.05) is 13.2 Å². The Kier molecular flexibility index (Phi) is 4.95. The molecule has 1 aliphatic rings. The lowest BCUT2D eigenvalue weighted by Crippen LogP contribution is -2.48. The standard InChI is InChI=1S/C12H21NO5/c1-12(2,3)18-11(16)13(8-10(14)15)9-6-4-5-7-17-9/h9H,4-8H2,1-3H3,(H,14,15)/t9-/m0/s1. The van der Waals surface area contributed by atoms with Gasteiger partial charge in [0, 0.05) is 6.61 Å². The van der Waals surface area contributed by atoms with Gasteiger partial charge in [-0.25, -0.2) is 4.79 Å². The van der Waals surface area contributed by atoms with Gasteiger partial charge in [-0.2, -0.15) is 0 Å². The third-order valence-corrected chi connectivity index (χ3v) is 2.44. The minimum atomic E-state index is -1.07. The number of carbonyl (C=O) groups excluding carboxylic acids is 1. The average molecular weight is 259 g/mol. The van der Waals surface area contributed by atoms with Crippen LogP contribution >= 0.6 is 0 Å². The molecule has 1 rings (SSSR count). The van der Waals surface area contributed by atoms with Crippen LogP contribution in [0.25, 0.3) is 0 Å². The van der Waals surface area contributed by atoms with Crippen molar-refractivity contribution in [3.8, 4) is 0 Å². The monoisotopic (exact) mass is 259 g/mol. The molecule has 0 saturated carbocycles. The van der Waals surface area contributed by atoms with E-state index in [0.717, 1.165) is 17.7 Å². The highest BCUT2D eigenvalue weighted by Crippen LogP contribution is 2.19. The Morgan fingerprint density at radius 1 is 1.39 bits per heavy atom. The van der Waals surface area contributed by atoms with Crippen LogP contribution < -0.4 is 0 Å². The van der Waals surface area contributed by atoms with E-state index in [2.05, 4.69) is 0 Å². The van der Waals surface area contributed by atoms with E-state index in [4.69, 9.17) is 14.6 Å². The molecule has 1 fully saturated rings. The number of amides is 1. The number of carboxylic acids is 1. The second-order valence-electron chi connectivity index (χ2n) is 5.32. The lowest BCUT2D eigenvalue weighted by Gasteiger charge is -2.34. The van der Waals surface area contributed by atoms with E-state index in [-0.39, 0.29) is 0 Å². The maximum atomic E-state index is 12.0. The van der Waals surface area contributed by atoms with Crippen molar-refractivity contribution >= 4 is 12.1 Å². The largest absolute Gasteiger partial charge is 0.480 e. The fourth-order valence-corrected chi connectivity index (χ4v) is 1.72. The Morgan fingerprint density at radius 2 is 2.06 bits per heavy atom. The van der Waals surface area contributed by atoms with Crippen molar-refractivity contribution in [3.05, 3.63) is 0 Å². The molecule has 1 N–H and O–H groups in total. The summed E-state index contributed by atoms with van der Waals surface area (Å²) in [6, 6.07) is 0. The second-order valence-corrected chi connectivity index (χ2v) is 5.32. The fourth-order valence-electron chi connectivity index (χ4n) is 1.72. The number of carbonyl (C=O) groups is 2. The van der Waals surface area contributed by atoms with E-state index in [1.165, 1.54) is 0 Å². The summed E-state index contributed by atoms with van der Waals surface area (Å²) in [5.41, 5.74) is -0.650. The molecular formula is C12H21NO5. The molecular weight excluding hydrogens is 238 g/mol. The van der Waals surface area contributed by atoms with Gasteiger partial charge in [-0.1, -0.05) is 0 Å². The highest BCUT2D eigenvalue weighted by molar-refractivity contribution is 5.77. The Labute approximate surface area is 107 Å². The third-order valence-electron chi connectivity index (χ3n) is 2.44. The van der Waals surface area contributed by atoms with Gasteiger partial charge in [0.2, 0.25) is 0 Å². The molecule has 1 aliphatic heterocycles. The minimum absolute atomic E-state index is 0.403. The zero-order valence-electron chi connectivity index (χ0n) is 11.1. The number of hydrogen-bond acceptors (Lipinski definition) is 4. The van der Waals surface area contributed by atoms with Gasteiger partial charge in [0.15, 0.2) is 0 Å². The fraction of sp³-hybridized carbons (Fsp3) is 0.833. The molecule has 18 heavy (non-hydrogen) atoms. The van der Waals surface area contributed by atoms with Gasteiger partial charge in [0.25, 0.3) is 0 Å². The molecule has 1 heterocycles. The maximum Gasteiger partial charge on any atom is 0.412 e. The number of nitrogens with zero attached hydrogens (tertiary/aromatic N) is 1. The Hall–Kier alpha value is -1.30. The first kappa shape index (κ1) is 14.8. The summed E-state index contributed by atoms with van der Waals surface area (Å²) in [6.45, 7) is 5.37. The van der Waals surface area contributed by atoms with Gasteiger partial charge in [-0.15, -0.1) is 0 Å². The van der Waals surface area contributed by atoms with Crippen molar-refractivity contribution in [3.63, 3.8) is 0 Å². The number of aliphatic carboxylic acids is 1. The molecule has 6 nitrogen and oxygen atoms in total. The highest BCUT2D eigenvalue weighted by atomic mass is 16.6. The number of rotatable bonds is 3. The van der Waals surface area contributed by atoms with Gasteiger partial charge in [-0.3, -0.25) is 9.69 Å². The summed E-state index contributed by atoms with van der Waals surface area (Å²) in [4.78, 5) is 23.9. The first-order valence-electron chi connectivity index (χ1n) is 6.12. The van der Waals surface area contributed by atoms with E-state index in [1.807, 2.05) is 0 Å². The Morgan fingerprint density at radius 3 is 2.50 bits per heavy atom.